The molecule has 3 saturated heterocycles. The number of fused-ring (bicyclic) bond motifs is 3. The van der Waals surface area contributed by atoms with Gasteiger partial charge in [0.2, 0.25) is 11.8 Å². The predicted octanol–water partition coefficient (Wildman–Crippen LogP) is 4.55. The third kappa shape index (κ3) is 4.53. The van der Waals surface area contributed by atoms with Gasteiger partial charge in [-0.15, -0.1) is 0 Å². The Morgan fingerprint density at radius 3 is 2.72 bits per heavy atom. The zero-order valence-electron chi connectivity index (χ0n) is 19.2. The monoisotopic (exact) mass is 523 g/mol. The van der Waals surface area contributed by atoms with Gasteiger partial charge in [0.1, 0.15) is 0 Å². The molecule has 36 heavy (non-hydrogen) atoms. The Labute approximate surface area is 210 Å². The number of halogens is 4. The Hall–Kier alpha value is -2.82. The quantitative estimate of drug-likeness (QED) is 0.578. The molecule has 0 saturated carbocycles. The van der Waals surface area contributed by atoms with Crippen molar-refractivity contribution >= 4 is 29.2 Å². The molecule has 7 nitrogen and oxygen atoms in total. The lowest BCUT2D eigenvalue weighted by Gasteiger charge is -2.62. The molecule has 4 heterocycles. The van der Waals surface area contributed by atoms with Gasteiger partial charge in [0.15, 0.2) is 0 Å². The summed E-state index contributed by atoms with van der Waals surface area (Å²) >= 11 is 5.69. The fourth-order valence-corrected chi connectivity index (χ4v) is 5.54. The first-order chi connectivity index (χ1) is 17.1. The van der Waals surface area contributed by atoms with E-state index in [9.17, 15) is 27.9 Å². The molecule has 3 atom stereocenters. The summed E-state index contributed by atoms with van der Waals surface area (Å²) < 4.78 is 45.9. The molecule has 3 unspecified atom stereocenters. The Bertz CT molecular complexity index is 1190. The number of rotatable bonds is 6. The van der Waals surface area contributed by atoms with E-state index in [1.54, 1.807) is 4.90 Å². The first-order valence-electron chi connectivity index (χ1n) is 11.7. The van der Waals surface area contributed by atoms with E-state index >= 15 is 0 Å². The Balaban J connectivity index is 1.33. The van der Waals surface area contributed by atoms with Crippen LogP contribution >= 0.6 is 11.6 Å². The summed E-state index contributed by atoms with van der Waals surface area (Å²) in [6.45, 7) is 1.45. The van der Waals surface area contributed by atoms with Crippen LogP contribution in [0.3, 0.4) is 0 Å². The van der Waals surface area contributed by atoms with Crippen LogP contribution in [0.25, 0.3) is 0 Å². The van der Waals surface area contributed by atoms with Gasteiger partial charge in [0, 0.05) is 31.6 Å². The standard InChI is InChI=1S/C25H25ClF3N3O4/c26-20-6-5-15(10-19(20)25(27,28)29)9-17(23(34)35)11-22(33)32-8-7-18-12-24(32,36-18)31-13-16-3-1-2-4-21(16)30-14-31/h1-6,10,17-18,30H,7-9,11-14H2,(H,34,35). The molecule has 0 aromatic heterocycles. The number of hydrogen-bond donors (Lipinski definition) is 2. The maximum Gasteiger partial charge on any atom is 0.417 e. The number of carbonyl (C=O) groups is 2. The normalized spacial score (nSPS) is 24.3. The lowest BCUT2D eigenvalue weighted by Crippen LogP contribution is -2.76. The van der Waals surface area contributed by atoms with Crippen molar-refractivity contribution in [3.63, 3.8) is 0 Å². The highest BCUT2D eigenvalue weighted by molar-refractivity contribution is 6.31. The van der Waals surface area contributed by atoms with Gasteiger partial charge >= 0.3 is 12.1 Å². The summed E-state index contributed by atoms with van der Waals surface area (Å²) in [7, 11) is 0. The second-order valence-corrected chi connectivity index (χ2v) is 9.87. The van der Waals surface area contributed by atoms with Gasteiger partial charge in [-0.05, 0) is 42.2 Å². The molecule has 4 aliphatic heterocycles. The topological polar surface area (TPSA) is 82.1 Å². The summed E-state index contributed by atoms with van der Waals surface area (Å²) in [6, 6.07) is 11.2. The molecule has 0 aliphatic carbocycles. The van der Waals surface area contributed by atoms with E-state index in [2.05, 4.69) is 5.32 Å². The maximum absolute atomic E-state index is 13.4. The smallest absolute Gasteiger partial charge is 0.417 e. The Kier molecular flexibility index (Phi) is 6.38. The van der Waals surface area contributed by atoms with E-state index in [1.165, 1.54) is 6.07 Å². The number of nitrogens with one attached hydrogen (secondary N) is 1. The number of carboxylic acid groups (broad SMARTS) is 1. The minimum absolute atomic E-state index is 0.0383. The number of ether oxygens (including phenoxy) is 1. The molecule has 6 rings (SSSR count). The van der Waals surface area contributed by atoms with Crippen molar-refractivity contribution in [3.8, 4) is 0 Å². The lowest BCUT2D eigenvalue weighted by atomic mass is 9.90. The number of alkyl halides is 3. The zero-order chi connectivity index (χ0) is 25.7. The Morgan fingerprint density at radius 1 is 1.25 bits per heavy atom. The molecule has 2 N–H and O–H groups in total. The summed E-state index contributed by atoms with van der Waals surface area (Å²) in [5.41, 5.74) is 1.20. The lowest BCUT2D eigenvalue weighted by molar-refractivity contribution is -0.369. The number of carbonyl (C=O) groups excluding carboxylic acids is 1. The van der Waals surface area contributed by atoms with Crippen LogP contribution < -0.4 is 5.32 Å². The molecular weight excluding hydrogens is 499 g/mol. The van der Waals surface area contributed by atoms with Gasteiger partial charge in [-0.25, -0.2) is 4.90 Å². The number of amides is 1. The first-order valence-corrected chi connectivity index (χ1v) is 12.1. The molecule has 2 bridgehead atoms. The minimum atomic E-state index is -4.67. The maximum atomic E-state index is 13.4. The molecule has 3 fully saturated rings. The van der Waals surface area contributed by atoms with Crippen molar-refractivity contribution in [2.75, 3.05) is 18.5 Å². The van der Waals surface area contributed by atoms with Crippen LogP contribution in [0, 0.1) is 5.92 Å². The minimum Gasteiger partial charge on any atom is -0.481 e. The van der Waals surface area contributed by atoms with Crippen LogP contribution in [0.5, 0.6) is 0 Å². The van der Waals surface area contributed by atoms with Crippen molar-refractivity contribution in [2.24, 2.45) is 5.92 Å². The van der Waals surface area contributed by atoms with Crippen molar-refractivity contribution in [3.05, 3.63) is 64.2 Å². The fourth-order valence-electron chi connectivity index (χ4n) is 5.32. The highest BCUT2D eigenvalue weighted by Crippen LogP contribution is 2.47. The van der Waals surface area contributed by atoms with Gasteiger partial charge in [-0.1, -0.05) is 35.9 Å². The van der Waals surface area contributed by atoms with Crippen LogP contribution in [-0.2, 0) is 33.5 Å². The number of piperidine rings is 1. The highest BCUT2D eigenvalue weighted by Gasteiger charge is 2.59. The highest BCUT2D eigenvalue weighted by atomic mass is 35.5. The van der Waals surface area contributed by atoms with Gasteiger partial charge in [0.05, 0.1) is 29.3 Å². The van der Waals surface area contributed by atoms with Crippen LogP contribution in [0.1, 0.15) is 36.0 Å². The zero-order valence-corrected chi connectivity index (χ0v) is 20.0. The number of nitrogens with zero attached hydrogens (tertiary/aromatic N) is 2. The SMILES string of the molecule is O=C(O)C(CC(=O)N1CCC2CC1(N1CNc3ccccc3C1)O2)Cc1ccc(Cl)c(C(F)(F)F)c1. The van der Waals surface area contributed by atoms with Crippen LogP contribution in [0.2, 0.25) is 5.02 Å². The van der Waals surface area contributed by atoms with Crippen molar-refractivity contribution in [2.45, 2.75) is 50.4 Å². The molecule has 4 aliphatic rings. The third-order valence-electron chi connectivity index (χ3n) is 7.17. The molecule has 0 radical (unpaired) electrons. The van der Waals surface area contributed by atoms with Crippen molar-refractivity contribution < 1.29 is 32.6 Å². The van der Waals surface area contributed by atoms with E-state index < -0.39 is 40.4 Å². The van der Waals surface area contributed by atoms with E-state index in [-0.39, 0.29) is 24.5 Å². The van der Waals surface area contributed by atoms with E-state index in [0.29, 0.717) is 32.6 Å². The van der Waals surface area contributed by atoms with Gasteiger partial charge in [-0.2, -0.15) is 13.2 Å². The molecule has 192 valence electrons. The van der Waals surface area contributed by atoms with E-state index in [0.717, 1.165) is 23.4 Å². The number of carboxylic acids is 1. The van der Waals surface area contributed by atoms with Crippen LogP contribution in [-0.4, -0.2) is 51.9 Å². The second-order valence-electron chi connectivity index (χ2n) is 9.47. The predicted molar refractivity (Wildman–Crippen MR) is 125 cm³/mol. The number of benzene rings is 2. The van der Waals surface area contributed by atoms with Gasteiger partial charge < -0.3 is 20.1 Å². The summed E-state index contributed by atoms with van der Waals surface area (Å²) in [6.07, 6.45) is -3.95. The van der Waals surface area contributed by atoms with E-state index in [1.807, 2.05) is 29.2 Å². The van der Waals surface area contributed by atoms with E-state index in [4.69, 9.17) is 16.3 Å². The van der Waals surface area contributed by atoms with Crippen molar-refractivity contribution in [1.29, 1.82) is 0 Å². The second kappa shape index (κ2) is 9.24. The average molecular weight is 524 g/mol. The largest absolute Gasteiger partial charge is 0.481 e. The molecule has 2 aromatic rings. The third-order valence-corrected chi connectivity index (χ3v) is 7.50. The average Bonchev–Trinajstić information content (AvgIpc) is 2.82. The van der Waals surface area contributed by atoms with Gasteiger partial charge in [0.25, 0.3) is 0 Å². The molecule has 2 aromatic carbocycles. The number of aliphatic carboxylic acids is 1. The van der Waals surface area contributed by atoms with Crippen LogP contribution in [0.4, 0.5) is 18.9 Å². The summed E-state index contributed by atoms with van der Waals surface area (Å²) in [5.74, 6) is -3.81. The number of anilines is 1. The first kappa shape index (κ1) is 24.9. The van der Waals surface area contributed by atoms with Crippen molar-refractivity contribution in [1.82, 2.24) is 9.80 Å². The van der Waals surface area contributed by atoms with Gasteiger partial charge in [-0.3, -0.25) is 9.59 Å². The molecule has 1 amide bonds. The fraction of sp³-hybridized carbons (Fsp3) is 0.440. The summed E-state index contributed by atoms with van der Waals surface area (Å²) in [4.78, 5) is 29.1. The number of para-hydroxylation sites is 1. The summed E-state index contributed by atoms with van der Waals surface area (Å²) in [5, 5.41) is 12.7. The van der Waals surface area contributed by atoms with Crippen LogP contribution in [0.15, 0.2) is 42.5 Å². The Morgan fingerprint density at radius 2 is 2.00 bits per heavy atom. The number of hydrogen-bond acceptors (Lipinski definition) is 5. The molecular formula is C25H25ClF3N3O4. The molecule has 0 spiro atoms. The molecule has 11 heteroatoms.